The molecule has 0 amide bonds. The Kier molecular flexibility index (Phi) is 4.47. The Morgan fingerprint density at radius 1 is 1.38 bits per heavy atom. The monoisotopic (exact) mass is 227 g/mol. The van der Waals surface area contributed by atoms with Gasteiger partial charge in [0.05, 0.1) is 0 Å². The number of hydrogen-bond donors (Lipinski definition) is 1. The van der Waals surface area contributed by atoms with Crippen LogP contribution in [0.1, 0.15) is 26.7 Å². The maximum atomic E-state index is 12.1. The van der Waals surface area contributed by atoms with Crippen molar-refractivity contribution in [2.75, 3.05) is 20.1 Å². The second kappa shape index (κ2) is 5.43. The Balaban J connectivity index is 2.70. The van der Waals surface area contributed by atoms with Gasteiger partial charge in [-0.25, -0.2) is 0 Å². The number of carboxylic acid groups (broad SMARTS) is 1. The van der Waals surface area contributed by atoms with Gasteiger partial charge in [0.25, 0.3) is 0 Å². The molecule has 0 saturated carbocycles. The highest BCUT2D eigenvalue weighted by Gasteiger charge is 2.35. The summed E-state index contributed by atoms with van der Waals surface area (Å²) in [6, 6.07) is 0. The molecular formula is C12H21NO3. The Bertz CT molecular complexity index is 275. The van der Waals surface area contributed by atoms with E-state index in [1.165, 1.54) is 0 Å². The van der Waals surface area contributed by atoms with Crippen LogP contribution < -0.4 is 0 Å². The molecule has 1 heterocycles. The Morgan fingerprint density at radius 2 is 2.00 bits per heavy atom. The molecule has 0 bridgehead atoms. The predicted octanol–water partition coefficient (Wildman–Crippen LogP) is 1.25. The van der Waals surface area contributed by atoms with E-state index in [-0.39, 0.29) is 17.6 Å². The number of ketones is 1. The van der Waals surface area contributed by atoms with E-state index in [0.717, 1.165) is 19.4 Å². The average Bonchev–Trinajstić information content (AvgIpc) is 2.16. The van der Waals surface area contributed by atoms with Gasteiger partial charge in [0.1, 0.15) is 5.92 Å². The van der Waals surface area contributed by atoms with E-state index in [1.54, 1.807) is 13.8 Å². The van der Waals surface area contributed by atoms with E-state index in [4.69, 9.17) is 5.11 Å². The minimum Gasteiger partial charge on any atom is -0.481 e. The van der Waals surface area contributed by atoms with Gasteiger partial charge in [-0.2, -0.15) is 0 Å². The Labute approximate surface area is 96.6 Å². The van der Waals surface area contributed by atoms with Crippen LogP contribution in [0.15, 0.2) is 0 Å². The van der Waals surface area contributed by atoms with Gasteiger partial charge in [-0.15, -0.1) is 0 Å². The van der Waals surface area contributed by atoms with E-state index < -0.39 is 11.9 Å². The van der Waals surface area contributed by atoms with Crippen molar-refractivity contribution in [1.82, 2.24) is 4.90 Å². The number of aliphatic carboxylic acids is 1. The molecule has 1 rings (SSSR count). The van der Waals surface area contributed by atoms with Crippen LogP contribution in [-0.2, 0) is 9.59 Å². The van der Waals surface area contributed by atoms with Crippen molar-refractivity contribution in [1.29, 1.82) is 0 Å². The lowest BCUT2D eigenvalue weighted by Crippen LogP contribution is -2.41. The Hall–Kier alpha value is -0.900. The van der Waals surface area contributed by atoms with Gasteiger partial charge < -0.3 is 10.0 Å². The van der Waals surface area contributed by atoms with Gasteiger partial charge in [-0.05, 0) is 32.4 Å². The maximum Gasteiger partial charge on any atom is 0.314 e. The third-order valence-electron chi connectivity index (χ3n) is 3.27. The molecule has 16 heavy (non-hydrogen) atoms. The molecule has 4 heteroatoms. The highest BCUT2D eigenvalue weighted by Crippen LogP contribution is 2.23. The normalized spacial score (nSPS) is 24.4. The predicted molar refractivity (Wildman–Crippen MR) is 61.2 cm³/mol. The van der Waals surface area contributed by atoms with E-state index in [0.29, 0.717) is 6.54 Å². The maximum absolute atomic E-state index is 12.1. The number of carbonyl (C=O) groups excluding carboxylic acids is 1. The van der Waals surface area contributed by atoms with Crippen LogP contribution >= 0.6 is 0 Å². The van der Waals surface area contributed by atoms with Crippen molar-refractivity contribution in [3.63, 3.8) is 0 Å². The summed E-state index contributed by atoms with van der Waals surface area (Å²) < 4.78 is 0. The van der Waals surface area contributed by atoms with Crippen LogP contribution in [0.4, 0.5) is 0 Å². The van der Waals surface area contributed by atoms with Crippen molar-refractivity contribution >= 4 is 11.8 Å². The minimum absolute atomic E-state index is 0.0888. The third-order valence-corrected chi connectivity index (χ3v) is 3.27. The fourth-order valence-electron chi connectivity index (χ4n) is 2.39. The zero-order valence-corrected chi connectivity index (χ0v) is 10.3. The molecule has 4 nitrogen and oxygen atoms in total. The van der Waals surface area contributed by atoms with Gasteiger partial charge in [0, 0.05) is 12.5 Å². The molecule has 1 fully saturated rings. The van der Waals surface area contributed by atoms with E-state index in [9.17, 15) is 9.59 Å². The largest absolute Gasteiger partial charge is 0.481 e. The molecule has 2 atom stereocenters. The number of likely N-dealkylation sites (tertiary alicyclic amines) is 1. The minimum atomic E-state index is -0.978. The highest BCUT2D eigenvalue weighted by molar-refractivity contribution is 5.99. The number of carboxylic acids is 1. The van der Waals surface area contributed by atoms with Crippen LogP contribution in [-0.4, -0.2) is 41.9 Å². The highest BCUT2D eigenvalue weighted by atomic mass is 16.4. The standard InChI is InChI=1S/C12H21NO3/c1-8(2)10(12(15)16)11(14)9-5-4-6-13(3)7-9/h8-10H,4-7H2,1-3H3,(H,15,16). The lowest BCUT2D eigenvalue weighted by atomic mass is 9.81. The topological polar surface area (TPSA) is 57.6 Å². The quantitative estimate of drug-likeness (QED) is 0.734. The number of nitrogens with zero attached hydrogens (tertiary/aromatic N) is 1. The SMILES string of the molecule is CC(C)C(C(=O)O)C(=O)C1CCCN(C)C1. The van der Waals surface area contributed by atoms with Crippen LogP contribution in [0.2, 0.25) is 0 Å². The van der Waals surface area contributed by atoms with Crippen molar-refractivity contribution in [2.45, 2.75) is 26.7 Å². The summed E-state index contributed by atoms with van der Waals surface area (Å²) in [5.41, 5.74) is 0. The lowest BCUT2D eigenvalue weighted by Gasteiger charge is -2.30. The fraction of sp³-hybridized carbons (Fsp3) is 0.833. The molecule has 0 spiro atoms. The number of Topliss-reactive ketones (excluding diaryl/α,β-unsaturated/α-hetero) is 1. The molecule has 1 aliphatic heterocycles. The van der Waals surface area contributed by atoms with Crippen molar-refractivity contribution in [2.24, 2.45) is 17.8 Å². The van der Waals surface area contributed by atoms with Gasteiger partial charge in [-0.1, -0.05) is 13.8 Å². The molecule has 0 aliphatic carbocycles. The van der Waals surface area contributed by atoms with Crippen molar-refractivity contribution in [3.8, 4) is 0 Å². The van der Waals surface area contributed by atoms with Gasteiger partial charge in [-0.3, -0.25) is 9.59 Å². The molecule has 92 valence electrons. The summed E-state index contributed by atoms with van der Waals surface area (Å²) in [5.74, 6) is -2.13. The second-order valence-corrected chi connectivity index (χ2v) is 5.06. The summed E-state index contributed by atoms with van der Waals surface area (Å²) in [6.07, 6.45) is 1.82. The van der Waals surface area contributed by atoms with Crippen LogP contribution in [0.25, 0.3) is 0 Å². The molecule has 0 radical (unpaired) electrons. The molecule has 1 aliphatic rings. The summed E-state index contributed by atoms with van der Waals surface area (Å²) in [4.78, 5) is 25.3. The molecule has 1 saturated heterocycles. The first kappa shape index (κ1) is 13.2. The molecule has 0 aromatic carbocycles. The molecule has 0 aromatic rings. The van der Waals surface area contributed by atoms with Crippen molar-refractivity contribution < 1.29 is 14.7 Å². The van der Waals surface area contributed by atoms with Crippen LogP contribution in [0, 0.1) is 17.8 Å². The summed E-state index contributed by atoms with van der Waals surface area (Å²) in [5, 5.41) is 9.08. The van der Waals surface area contributed by atoms with Gasteiger partial charge >= 0.3 is 5.97 Å². The third kappa shape index (κ3) is 3.04. The molecule has 2 unspecified atom stereocenters. The van der Waals surface area contributed by atoms with E-state index in [1.807, 2.05) is 7.05 Å². The lowest BCUT2D eigenvalue weighted by molar-refractivity contribution is -0.150. The zero-order chi connectivity index (χ0) is 12.3. The molecule has 1 N–H and O–H groups in total. The number of hydrogen-bond acceptors (Lipinski definition) is 3. The van der Waals surface area contributed by atoms with Crippen molar-refractivity contribution in [3.05, 3.63) is 0 Å². The fourth-order valence-corrected chi connectivity index (χ4v) is 2.39. The number of rotatable bonds is 4. The second-order valence-electron chi connectivity index (χ2n) is 5.06. The van der Waals surface area contributed by atoms with Gasteiger partial charge in [0.2, 0.25) is 0 Å². The first-order valence-corrected chi connectivity index (χ1v) is 5.88. The van der Waals surface area contributed by atoms with Gasteiger partial charge in [0.15, 0.2) is 5.78 Å². The van der Waals surface area contributed by atoms with Crippen LogP contribution in [0.3, 0.4) is 0 Å². The number of carbonyl (C=O) groups is 2. The summed E-state index contributed by atoms with van der Waals surface area (Å²) in [7, 11) is 1.98. The number of piperidine rings is 1. The smallest absolute Gasteiger partial charge is 0.314 e. The Morgan fingerprint density at radius 3 is 2.44 bits per heavy atom. The van der Waals surface area contributed by atoms with E-state index >= 15 is 0 Å². The van der Waals surface area contributed by atoms with Crippen LogP contribution in [0.5, 0.6) is 0 Å². The molecule has 0 aromatic heterocycles. The molecular weight excluding hydrogens is 206 g/mol. The average molecular weight is 227 g/mol. The zero-order valence-electron chi connectivity index (χ0n) is 10.3. The first-order valence-electron chi connectivity index (χ1n) is 5.88. The first-order chi connectivity index (χ1) is 7.43. The summed E-state index contributed by atoms with van der Waals surface area (Å²) in [6.45, 7) is 5.30. The summed E-state index contributed by atoms with van der Waals surface area (Å²) >= 11 is 0. The van der Waals surface area contributed by atoms with E-state index in [2.05, 4.69) is 4.90 Å².